The van der Waals surface area contributed by atoms with E-state index in [-0.39, 0.29) is 23.0 Å². The number of nitrogens with zero attached hydrogens (tertiary/aromatic N) is 2. The van der Waals surface area contributed by atoms with E-state index >= 15 is 0 Å². The van der Waals surface area contributed by atoms with Gasteiger partial charge in [0.25, 0.3) is 0 Å². The first-order valence-corrected chi connectivity index (χ1v) is 10.5. The molecular weight excluding hydrogens is 358 g/mol. The highest BCUT2D eigenvalue weighted by Crippen LogP contribution is 2.26. The van der Waals surface area contributed by atoms with Gasteiger partial charge in [0.05, 0.1) is 19.6 Å². The highest BCUT2D eigenvalue weighted by molar-refractivity contribution is 5.79. The lowest BCUT2D eigenvalue weighted by Gasteiger charge is -2.42. The highest BCUT2D eigenvalue weighted by atomic mass is 16.5. The first-order chi connectivity index (χ1) is 13.6. The number of methoxy groups -OCH3 is 1. The van der Waals surface area contributed by atoms with E-state index in [1.165, 1.54) is 19.4 Å². The van der Waals surface area contributed by atoms with Crippen molar-refractivity contribution >= 4 is 5.91 Å². The molecule has 28 heavy (non-hydrogen) atoms. The molecule has 0 aromatic carbocycles. The highest BCUT2D eigenvalue weighted by Gasteiger charge is 2.33. The van der Waals surface area contributed by atoms with Gasteiger partial charge in [-0.3, -0.25) is 19.4 Å². The molecule has 1 amide bonds. The average molecular weight is 389 g/mol. The number of piperidine rings is 2. The standard InChI is InChI=1S/C21H31N3O4/c1-27-20-14-28-18(11-19(20)25)13-23-9-6-17(7-10-23)24-8-2-3-15(12-24)21(26)22-16-4-5-16/h11,14-17H,2-10,12-13H2,1H3,(H,22,26)/t15-/m0/s1. The lowest BCUT2D eigenvalue weighted by Crippen LogP contribution is -2.50. The van der Waals surface area contributed by atoms with E-state index in [1.807, 2.05) is 0 Å². The van der Waals surface area contributed by atoms with Crippen LogP contribution in [0.3, 0.4) is 0 Å². The first kappa shape index (κ1) is 19.5. The summed E-state index contributed by atoms with van der Waals surface area (Å²) in [6, 6.07) is 2.53. The summed E-state index contributed by atoms with van der Waals surface area (Å²) in [5.41, 5.74) is -0.137. The largest absolute Gasteiger partial charge is 0.490 e. The summed E-state index contributed by atoms with van der Waals surface area (Å²) in [6.07, 6.45) is 8.01. The predicted molar refractivity (Wildman–Crippen MR) is 105 cm³/mol. The molecule has 7 heteroatoms. The van der Waals surface area contributed by atoms with Gasteiger partial charge in [0, 0.05) is 37.8 Å². The molecule has 7 nitrogen and oxygen atoms in total. The Morgan fingerprint density at radius 2 is 2.00 bits per heavy atom. The minimum atomic E-state index is -0.137. The minimum Gasteiger partial charge on any atom is -0.490 e. The molecule has 1 aromatic rings. The van der Waals surface area contributed by atoms with E-state index in [4.69, 9.17) is 9.15 Å². The van der Waals surface area contributed by atoms with Crippen LogP contribution < -0.4 is 15.5 Å². The van der Waals surface area contributed by atoms with E-state index in [0.717, 1.165) is 64.7 Å². The van der Waals surface area contributed by atoms with Crippen molar-refractivity contribution in [2.75, 3.05) is 33.3 Å². The van der Waals surface area contributed by atoms with Gasteiger partial charge in [-0.15, -0.1) is 0 Å². The van der Waals surface area contributed by atoms with Crippen molar-refractivity contribution < 1.29 is 13.9 Å². The van der Waals surface area contributed by atoms with Crippen molar-refractivity contribution in [1.82, 2.24) is 15.1 Å². The summed E-state index contributed by atoms with van der Waals surface area (Å²) in [4.78, 5) is 29.2. The average Bonchev–Trinajstić information content (AvgIpc) is 3.53. The topological polar surface area (TPSA) is 75.0 Å². The molecule has 1 saturated carbocycles. The molecule has 2 saturated heterocycles. The van der Waals surface area contributed by atoms with E-state index in [1.54, 1.807) is 0 Å². The van der Waals surface area contributed by atoms with Crippen LogP contribution in [0.25, 0.3) is 0 Å². The van der Waals surface area contributed by atoms with Gasteiger partial charge in [-0.2, -0.15) is 0 Å². The normalized spacial score (nSPS) is 24.8. The van der Waals surface area contributed by atoms with Crippen LogP contribution in [0.2, 0.25) is 0 Å². The van der Waals surface area contributed by atoms with E-state index in [9.17, 15) is 9.59 Å². The van der Waals surface area contributed by atoms with E-state index in [2.05, 4.69) is 15.1 Å². The van der Waals surface area contributed by atoms with Gasteiger partial charge in [-0.1, -0.05) is 0 Å². The summed E-state index contributed by atoms with van der Waals surface area (Å²) < 4.78 is 10.5. The van der Waals surface area contributed by atoms with Gasteiger partial charge in [-0.25, -0.2) is 0 Å². The van der Waals surface area contributed by atoms with Crippen LogP contribution in [-0.4, -0.2) is 61.1 Å². The van der Waals surface area contributed by atoms with Gasteiger partial charge < -0.3 is 14.5 Å². The molecule has 0 unspecified atom stereocenters. The Hall–Kier alpha value is -1.86. The second kappa shape index (κ2) is 8.66. The molecule has 1 N–H and O–H groups in total. The quantitative estimate of drug-likeness (QED) is 0.797. The Labute approximate surface area is 166 Å². The molecule has 4 rings (SSSR count). The third-order valence-corrected chi connectivity index (χ3v) is 6.27. The van der Waals surface area contributed by atoms with Crippen LogP contribution >= 0.6 is 0 Å². The molecule has 3 heterocycles. The van der Waals surface area contributed by atoms with Crippen LogP contribution in [-0.2, 0) is 11.3 Å². The molecule has 2 aliphatic heterocycles. The first-order valence-electron chi connectivity index (χ1n) is 10.5. The van der Waals surface area contributed by atoms with Crippen LogP contribution in [0.4, 0.5) is 0 Å². The molecule has 3 fully saturated rings. The molecule has 1 aromatic heterocycles. The Balaban J connectivity index is 1.26. The second-order valence-electron chi connectivity index (χ2n) is 8.40. The van der Waals surface area contributed by atoms with Crippen LogP contribution in [0.15, 0.2) is 21.5 Å². The number of hydrogen-bond donors (Lipinski definition) is 1. The number of rotatable bonds is 6. The maximum absolute atomic E-state index is 12.4. The molecular formula is C21H31N3O4. The van der Waals surface area contributed by atoms with Crippen molar-refractivity contribution in [1.29, 1.82) is 0 Å². The Kier molecular flexibility index (Phi) is 6.01. The summed E-state index contributed by atoms with van der Waals surface area (Å²) in [6.45, 7) is 4.62. The van der Waals surface area contributed by atoms with Crippen molar-refractivity contribution in [3.8, 4) is 5.75 Å². The number of carbonyl (C=O) groups excluding carboxylic acids is 1. The fraction of sp³-hybridized carbons (Fsp3) is 0.714. The van der Waals surface area contributed by atoms with Gasteiger partial charge in [0.1, 0.15) is 12.0 Å². The number of amides is 1. The monoisotopic (exact) mass is 389 g/mol. The van der Waals surface area contributed by atoms with Gasteiger partial charge in [-0.05, 0) is 45.1 Å². The van der Waals surface area contributed by atoms with Crippen molar-refractivity contribution in [2.24, 2.45) is 5.92 Å². The lowest BCUT2D eigenvalue weighted by molar-refractivity contribution is -0.127. The summed E-state index contributed by atoms with van der Waals surface area (Å²) >= 11 is 0. The zero-order valence-corrected chi connectivity index (χ0v) is 16.7. The van der Waals surface area contributed by atoms with Crippen molar-refractivity contribution in [3.63, 3.8) is 0 Å². The second-order valence-corrected chi connectivity index (χ2v) is 8.40. The summed E-state index contributed by atoms with van der Waals surface area (Å²) in [7, 11) is 1.47. The third-order valence-electron chi connectivity index (χ3n) is 6.27. The van der Waals surface area contributed by atoms with Gasteiger partial charge in [0.15, 0.2) is 0 Å². The smallest absolute Gasteiger partial charge is 0.227 e. The molecule has 0 radical (unpaired) electrons. The van der Waals surface area contributed by atoms with Crippen LogP contribution in [0.1, 0.15) is 44.3 Å². The summed E-state index contributed by atoms with van der Waals surface area (Å²) in [5, 5.41) is 3.18. The van der Waals surface area contributed by atoms with Gasteiger partial charge in [0.2, 0.25) is 17.1 Å². The fourth-order valence-corrected chi connectivity index (χ4v) is 4.43. The molecule has 1 aliphatic carbocycles. The molecule has 0 spiro atoms. The lowest BCUT2D eigenvalue weighted by atomic mass is 9.93. The molecule has 3 aliphatic rings. The fourth-order valence-electron chi connectivity index (χ4n) is 4.43. The maximum Gasteiger partial charge on any atom is 0.227 e. The predicted octanol–water partition coefficient (Wildman–Crippen LogP) is 1.60. The number of nitrogens with one attached hydrogen (secondary N) is 1. The number of likely N-dealkylation sites (tertiary alicyclic amines) is 2. The SMILES string of the molecule is COc1coc(CN2CCC(N3CCC[C@H](C(=O)NC4CC4)C3)CC2)cc1=O. The molecule has 0 bridgehead atoms. The number of carbonyl (C=O) groups is 1. The van der Waals surface area contributed by atoms with Gasteiger partial charge >= 0.3 is 0 Å². The third kappa shape index (κ3) is 4.75. The van der Waals surface area contributed by atoms with E-state index in [0.29, 0.717) is 24.4 Å². The zero-order valence-electron chi connectivity index (χ0n) is 16.7. The minimum absolute atomic E-state index is 0.137. The Morgan fingerprint density at radius 3 is 2.68 bits per heavy atom. The number of ether oxygens (including phenoxy) is 1. The van der Waals surface area contributed by atoms with Crippen LogP contribution in [0, 0.1) is 5.92 Å². The zero-order chi connectivity index (χ0) is 19.5. The van der Waals surface area contributed by atoms with Crippen molar-refractivity contribution in [3.05, 3.63) is 28.3 Å². The van der Waals surface area contributed by atoms with Crippen molar-refractivity contribution in [2.45, 2.75) is 57.2 Å². The Bertz CT molecular complexity index is 737. The molecule has 1 atom stereocenters. The van der Waals surface area contributed by atoms with Crippen LogP contribution in [0.5, 0.6) is 5.75 Å². The van der Waals surface area contributed by atoms with E-state index < -0.39 is 0 Å². The Morgan fingerprint density at radius 1 is 1.21 bits per heavy atom. The summed E-state index contributed by atoms with van der Waals surface area (Å²) in [5.74, 6) is 1.34. The maximum atomic E-state index is 12.4. The molecule has 154 valence electrons. The number of hydrogen-bond acceptors (Lipinski definition) is 6.